The molecule has 0 amide bonds. The quantitative estimate of drug-likeness (QED) is 0.725. The fraction of sp³-hybridized carbons (Fsp3) is 0.444. The Morgan fingerprint density at radius 3 is 2.59 bits per heavy atom. The summed E-state index contributed by atoms with van der Waals surface area (Å²) >= 11 is 5.98. The lowest BCUT2D eigenvalue weighted by atomic mass is 10.1. The van der Waals surface area contributed by atoms with Gasteiger partial charge in [-0.25, -0.2) is 27.2 Å². The minimum Gasteiger partial charge on any atom is -0.365 e. The lowest BCUT2D eigenvalue weighted by molar-refractivity contribution is 0.284. The molecule has 0 radical (unpaired) electrons. The molecule has 1 fully saturated rings. The van der Waals surface area contributed by atoms with Crippen LogP contribution in [0.1, 0.15) is 11.3 Å². The van der Waals surface area contributed by atoms with Crippen LogP contribution in [0.3, 0.4) is 0 Å². The van der Waals surface area contributed by atoms with Crippen molar-refractivity contribution in [3.05, 3.63) is 46.2 Å². The molecule has 4 rings (SSSR count). The van der Waals surface area contributed by atoms with E-state index in [2.05, 4.69) is 15.3 Å². The molecule has 3 heterocycles. The van der Waals surface area contributed by atoms with Crippen molar-refractivity contribution < 1.29 is 17.2 Å². The Kier molecular flexibility index (Phi) is 5.58. The average molecular weight is 444 g/mol. The molecule has 1 saturated heterocycles. The Morgan fingerprint density at radius 1 is 1.10 bits per heavy atom. The molecular weight excluding hydrogens is 424 g/mol. The number of aromatic nitrogens is 2. The molecule has 0 aliphatic carbocycles. The van der Waals surface area contributed by atoms with Crippen LogP contribution in [0.2, 0.25) is 5.02 Å². The normalized spacial score (nSPS) is 18.9. The first kappa shape index (κ1) is 20.2. The van der Waals surface area contributed by atoms with E-state index in [-0.39, 0.29) is 28.6 Å². The first-order valence-electron chi connectivity index (χ1n) is 9.22. The first-order valence-corrected chi connectivity index (χ1v) is 11.4. The minimum absolute atomic E-state index is 0.0667. The largest absolute Gasteiger partial charge is 0.365 e. The lowest BCUT2D eigenvalue weighted by Gasteiger charge is -2.31. The van der Waals surface area contributed by atoms with Gasteiger partial charge >= 0.3 is 0 Å². The standard InChI is InChI=1S/C18H20ClF2N5O2S/c19-16-13(14(20)1-2-15(16)21)11-26-4-3-22-17-18(26)24-12(9-23-17)10-25-5-7-29(27,28)8-6-25/h1-2,9H,3-8,10-11H2,(H,22,23). The summed E-state index contributed by atoms with van der Waals surface area (Å²) in [6.45, 7) is 2.55. The molecule has 2 aliphatic rings. The molecule has 29 heavy (non-hydrogen) atoms. The van der Waals surface area contributed by atoms with Gasteiger partial charge in [-0.1, -0.05) is 11.6 Å². The van der Waals surface area contributed by atoms with E-state index >= 15 is 0 Å². The highest BCUT2D eigenvalue weighted by Crippen LogP contribution is 2.30. The monoisotopic (exact) mass is 443 g/mol. The molecule has 0 bridgehead atoms. The smallest absolute Gasteiger partial charge is 0.172 e. The van der Waals surface area contributed by atoms with Crippen molar-refractivity contribution in [3.8, 4) is 0 Å². The molecule has 1 aromatic heterocycles. The third kappa shape index (κ3) is 4.44. The molecule has 1 aromatic carbocycles. The highest BCUT2D eigenvalue weighted by Gasteiger charge is 2.25. The fourth-order valence-corrected chi connectivity index (χ4v) is 4.94. The summed E-state index contributed by atoms with van der Waals surface area (Å²) in [5.41, 5.74) is 0.760. The first-order chi connectivity index (χ1) is 13.8. The summed E-state index contributed by atoms with van der Waals surface area (Å²) in [7, 11) is -2.95. The van der Waals surface area contributed by atoms with Gasteiger partial charge in [0, 0.05) is 44.8 Å². The summed E-state index contributed by atoms with van der Waals surface area (Å²) in [4.78, 5) is 12.9. The van der Waals surface area contributed by atoms with Gasteiger partial charge in [0.05, 0.1) is 28.4 Å². The molecular formula is C18H20ClF2N5O2S. The van der Waals surface area contributed by atoms with Crippen LogP contribution in [-0.4, -0.2) is 61.0 Å². The third-order valence-corrected chi connectivity index (χ3v) is 7.11. The maximum absolute atomic E-state index is 14.2. The minimum atomic E-state index is -2.95. The van der Waals surface area contributed by atoms with E-state index in [1.54, 1.807) is 6.20 Å². The SMILES string of the molecule is O=S1(=O)CCN(Cc2cnc3c(n2)N(Cc2c(F)ccc(F)c2Cl)CCN3)CC1. The van der Waals surface area contributed by atoms with Crippen LogP contribution in [0.4, 0.5) is 20.4 Å². The van der Waals surface area contributed by atoms with Crippen LogP contribution in [0, 0.1) is 11.6 Å². The highest BCUT2D eigenvalue weighted by atomic mass is 35.5. The van der Waals surface area contributed by atoms with Crippen molar-refractivity contribution in [2.24, 2.45) is 0 Å². The van der Waals surface area contributed by atoms with E-state index in [4.69, 9.17) is 11.6 Å². The zero-order valence-electron chi connectivity index (χ0n) is 15.5. The predicted molar refractivity (Wildman–Crippen MR) is 107 cm³/mol. The summed E-state index contributed by atoms with van der Waals surface area (Å²) in [5, 5.41) is 2.92. The van der Waals surface area contributed by atoms with Crippen molar-refractivity contribution in [2.45, 2.75) is 13.1 Å². The van der Waals surface area contributed by atoms with Crippen LogP contribution in [0.15, 0.2) is 18.3 Å². The van der Waals surface area contributed by atoms with E-state index in [9.17, 15) is 17.2 Å². The molecule has 11 heteroatoms. The zero-order chi connectivity index (χ0) is 20.6. The average Bonchev–Trinajstić information content (AvgIpc) is 2.70. The second kappa shape index (κ2) is 8.00. The van der Waals surface area contributed by atoms with Gasteiger partial charge in [0.15, 0.2) is 21.5 Å². The van der Waals surface area contributed by atoms with E-state index in [0.717, 1.165) is 12.1 Å². The Balaban J connectivity index is 1.55. The Morgan fingerprint density at radius 2 is 1.83 bits per heavy atom. The molecule has 0 saturated carbocycles. The Hall–Kier alpha value is -2.04. The molecule has 0 atom stereocenters. The molecule has 2 aliphatic heterocycles. The maximum atomic E-state index is 14.2. The maximum Gasteiger partial charge on any atom is 0.172 e. The lowest BCUT2D eigenvalue weighted by Crippen LogP contribution is -2.40. The number of hydrogen-bond acceptors (Lipinski definition) is 7. The molecule has 1 N–H and O–H groups in total. The van der Waals surface area contributed by atoms with Crippen molar-refractivity contribution in [2.75, 3.05) is 47.9 Å². The Labute approximate surface area is 172 Å². The van der Waals surface area contributed by atoms with Crippen molar-refractivity contribution in [3.63, 3.8) is 0 Å². The summed E-state index contributed by atoms with van der Waals surface area (Å²) in [6.07, 6.45) is 1.65. The number of nitrogens with zero attached hydrogens (tertiary/aromatic N) is 4. The molecule has 0 unspecified atom stereocenters. The second-order valence-electron chi connectivity index (χ2n) is 7.13. The van der Waals surface area contributed by atoms with Crippen molar-refractivity contribution in [1.82, 2.24) is 14.9 Å². The van der Waals surface area contributed by atoms with Crippen LogP contribution >= 0.6 is 11.6 Å². The van der Waals surface area contributed by atoms with Crippen molar-refractivity contribution in [1.29, 1.82) is 0 Å². The second-order valence-corrected chi connectivity index (χ2v) is 9.81. The third-order valence-electron chi connectivity index (χ3n) is 5.09. The van der Waals surface area contributed by atoms with Crippen molar-refractivity contribution >= 4 is 33.1 Å². The number of nitrogens with one attached hydrogen (secondary N) is 1. The van der Waals surface area contributed by atoms with Gasteiger partial charge in [-0.3, -0.25) is 4.90 Å². The van der Waals surface area contributed by atoms with Crippen LogP contribution < -0.4 is 10.2 Å². The summed E-state index contributed by atoms with van der Waals surface area (Å²) in [5.74, 6) is 0.132. The van der Waals surface area contributed by atoms with Crippen LogP contribution in [0.25, 0.3) is 0 Å². The molecule has 156 valence electrons. The van der Waals surface area contributed by atoms with E-state index in [0.29, 0.717) is 50.1 Å². The van der Waals surface area contributed by atoms with E-state index in [1.165, 1.54) is 0 Å². The molecule has 2 aromatic rings. The van der Waals surface area contributed by atoms with E-state index in [1.807, 2.05) is 9.80 Å². The number of hydrogen-bond donors (Lipinski definition) is 1. The fourth-order valence-electron chi connectivity index (χ4n) is 3.45. The number of benzene rings is 1. The van der Waals surface area contributed by atoms with Gasteiger partial charge in [0.1, 0.15) is 11.6 Å². The predicted octanol–water partition coefficient (Wildman–Crippen LogP) is 2.07. The van der Waals surface area contributed by atoms with Gasteiger partial charge in [-0.05, 0) is 12.1 Å². The Bertz CT molecular complexity index is 1020. The molecule has 0 spiro atoms. The number of anilines is 2. The number of sulfone groups is 1. The summed E-state index contributed by atoms with van der Waals surface area (Å²) < 4.78 is 51.2. The number of rotatable bonds is 4. The van der Waals surface area contributed by atoms with Gasteiger partial charge in [0.25, 0.3) is 0 Å². The van der Waals surface area contributed by atoms with E-state index < -0.39 is 21.5 Å². The van der Waals surface area contributed by atoms with Crippen LogP contribution in [0.5, 0.6) is 0 Å². The van der Waals surface area contributed by atoms with Gasteiger partial charge in [-0.2, -0.15) is 0 Å². The van der Waals surface area contributed by atoms with Gasteiger partial charge < -0.3 is 10.2 Å². The van der Waals surface area contributed by atoms with Gasteiger partial charge in [-0.15, -0.1) is 0 Å². The number of fused-ring (bicyclic) bond motifs is 1. The molecule has 7 nitrogen and oxygen atoms in total. The topological polar surface area (TPSA) is 78.4 Å². The summed E-state index contributed by atoms with van der Waals surface area (Å²) in [6, 6.07) is 2.07. The zero-order valence-corrected chi connectivity index (χ0v) is 17.1. The highest BCUT2D eigenvalue weighted by molar-refractivity contribution is 7.91. The van der Waals surface area contributed by atoms with Crippen LogP contribution in [-0.2, 0) is 22.9 Å². The van der Waals surface area contributed by atoms with Gasteiger partial charge in [0.2, 0.25) is 0 Å². The number of halogens is 3.